The predicted octanol–water partition coefficient (Wildman–Crippen LogP) is 24.9. The number of Topliss-reactive ketones (excluding diaryl/α,β-unsaturated/α-hetero) is 4. The summed E-state index contributed by atoms with van der Waals surface area (Å²) in [6.45, 7) is 24.2. The molecule has 0 bridgehead atoms. The van der Waals surface area contributed by atoms with Crippen LogP contribution in [0.4, 0.5) is 29.0 Å². The number of phenols is 1. The second kappa shape index (κ2) is 48.5. The van der Waals surface area contributed by atoms with Crippen LogP contribution < -0.4 is 36.3 Å². The number of aromatic nitrogens is 4. The van der Waals surface area contributed by atoms with Gasteiger partial charge in [0.15, 0.2) is 29.1 Å². The molecule has 0 atom stereocenters. The van der Waals surface area contributed by atoms with Crippen molar-refractivity contribution in [2.24, 2.45) is 11.8 Å². The molecule has 2 aromatic heterocycles. The molecule has 4 heterocycles. The zero-order valence-electron chi connectivity index (χ0n) is 88.8. The van der Waals surface area contributed by atoms with Gasteiger partial charge in [0.1, 0.15) is 64.5 Å². The maximum absolute atomic E-state index is 12.8. The number of aromatic hydroxyl groups is 1. The molecular weight excluding hydrogens is 1960 g/mol. The van der Waals surface area contributed by atoms with Crippen molar-refractivity contribution >= 4 is 108 Å². The zero-order chi connectivity index (χ0) is 107. The maximum Gasteiger partial charge on any atom is 0.348 e. The third-order valence-electron chi connectivity index (χ3n) is 31.5. The Hall–Kier alpha value is -11.8. The minimum absolute atomic E-state index is 0. The standard InChI is InChI=1S/C20H24N4O.C20H26O5.C16H20O2.C16H20O.C15H18O2.C12H16O4.C9H12N4O.C8H9BrO.CH4O3S.CH4/c1-12-8-14(24-19-13(2)18(21)22-11-23-19)9-15-17(12)16(25)10-20(15)6-4-3-5-7-20;1-13-10-14(12-15(11-13)23-4)20(8-6-5-7-9-20)16-17(21)24-19(2,3)25-18(16)22;1-11-8-12(18-2)9-13-15(11)14(17)10-16(13)6-4-3-5-7-16;1-11-8-12(2)15-13(9-11)16(10-14(15)17)6-4-3-5-7-16;1-10-7-11(16)8-12-14(10)13(17)9-15(12)5-3-2-4-6-15;1-12(2)15-10(13)9(11(14)16-12)8-6-4-3-5-7-8;1-5-7(10)11-4-12-8(5)13-9(14)6-2-3-6;1-6-3-7(9)5-8(4-6)10-2;1-5(2,3)4;/h8-9,11H,3-7,10H2,1-2H3,(H3,21,22,23,24);10-12,16H,5-9H2,1-4H3;8-9H,3-7,10H2,1-2H3;8-9H,3-7,10H2,1-2H3;7-8,16H,2-6,9H2,1H3;3-7H2,1-2H3;4,6H,2-3H2,1H3,(H3,10,11,12,13,14);3-5H,1-2H3;1H3,(H,2,3,4);1H4. The number of nitrogen functional groups attached to an aromatic ring is 2. The second-order valence-corrected chi connectivity index (χ2v) is 46.0. The van der Waals surface area contributed by atoms with Gasteiger partial charge in [-0.3, -0.25) is 38.1 Å². The molecule has 2 saturated heterocycles. The average molecular weight is 2120 g/mol. The number of methoxy groups -OCH3 is 3. The zero-order valence-corrected chi connectivity index (χ0v) is 91.2. The van der Waals surface area contributed by atoms with E-state index in [0.717, 1.165) is 215 Å². The van der Waals surface area contributed by atoms with Crippen LogP contribution in [0.2, 0.25) is 0 Å². The first-order valence-electron chi connectivity index (χ1n) is 52.3. The fourth-order valence-corrected chi connectivity index (χ4v) is 25.0. The first-order valence-corrected chi connectivity index (χ1v) is 54.9. The number of nitrogens with zero attached hydrogens (tertiary/aromatic N) is 4. The molecule has 6 aromatic carbocycles. The molecule has 30 heteroatoms. The normalized spacial score (nSPS) is 19.8. The SMILES string of the molecule is C.CC1(C)OC(=O)C(=C2CCCCC2)C(=O)O1.COc1cc(C)c2c(c1)C1(CCCCC1)CC2=O.COc1cc(C)cc(Br)c1.COc1cc(C)cc(C2(C3C(=O)OC(C)(C)OC3=O)CCCCC2)c1.CS(=O)(=O)O.Cc1c(N)ncnc1NC(=O)C1CC1.Cc1cc(C)c2c(c1)C1(CCCCC1)CC2=O.Cc1cc(Nc2ncnc(N)c2C)cc2c1C(=O)CC21CCCCC1.Cc1cc(O)cc2c1C(=O)CC21CCCCC1. The fraction of sp³-hybridized carbons (Fsp3) is 0.534. The van der Waals surface area contributed by atoms with Crippen LogP contribution in [-0.4, -0.2) is 130 Å². The Bertz CT molecular complexity index is 6280. The van der Waals surface area contributed by atoms with Crippen molar-refractivity contribution in [2.75, 3.05) is 49.7 Å². The van der Waals surface area contributed by atoms with E-state index < -0.39 is 56.9 Å². The first kappa shape index (κ1) is 115. The molecule has 148 heavy (non-hydrogen) atoms. The third kappa shape index (κ3) is 27.3. The van der Waals surface area contributed by atoms with Gasteiger partial charge in [-0.15, -0.1) is 0 Å². The lowest BCUT2D eigenvalue weighted by molar-refractivity contribution is -0.244. The van der Waals surface area contributed by atoms with Crippen LogP contribution in [0.3, 0.4) is 0 Å². The Kier molecular flexibility index (Phi) is 37.6. The van der Waals surface area contributed by atoms with Gasteiger partial charge >= 0.3 is 23.9 Å². The van der Waals surface area contributed by atoms with Gasteiger partial charge in [0.05, 0.1) is 27.6 Å². The molecule has 8 aromatic rings. The number of benzene rings is 6. The van der Waals surface area contributed by atoms with Crippen LogP contribution in [0.5, 0.6) is 23.0 Å². The number of anilines is 5. The van der Waals surface area contributed by atoms with Crippen molar-refractivity contribution in [2.45, 2.75) is 367 Å². The summed E-state index contributed by atoms with van der Waals surface area (Å²) in [6, 6.07) is 28.2. The number of ketones is 4. The minimum Gasteiger partial charge on any atom is -0.508 e. The van der Waals surface area contributed by atoms with Crippen molar-refractivity contribution in [1.82, 2.24) is 19.9 Å². The number of esters is 4. The quantitative estimate of drug-likeness (QED) is 0.0257. The van der Waals surface area contributed by atoms with Gasteiger partial charge in [-0.1, -0.05) is 150 Å². The molecule has 0 radical (unpaired) electrons. The van der Waals surface area contributed by atoms with Crippen molar-refractivity contribution in [1.29, 1.82) is 0 Å². The molecule has 21 rings (SSSR count). The molecule has 798 valence electrons. The molecule has 2 aliphatic heterocycles. The molecule has 28 nitrogen and oxygen atoms in total. The Labute approximate surface area is 881 Å². The van der Waals surface area contributed by atoms with E-state index in [0.29, 0.717) is 65.5 Å². The smallest absolute Gasteiger partial charge is 0.348 e. The van der Waals surface area contributed by atoms with Gasteiger partial charge in [-0.2, -0.15) is 8.42 Å². The first-order chi connectivity index (χ1) is 69.6. The number of allylic oxidation sites excluding steroid dienone is 1. The van der Waals surface area contributed by atoms with E-state index in [4.69, 9.17) is 49.2 Å². The lowest BCUT2D eigenvalue weighted by Gasteiger charge is -2.45. The average Bonchev–Trinajstić information content (AvgIpc) is 0.901. The Morgan fingerprint density at radius 1 is 0.432 bits per heavy atom. The van der Waals surface area contributed by atoms with Crippen LogP contribution in [0, 0.1) is 74.1 Å². The van der Waals surface area contributed by atoms with E-state index >= 15 is 0 Å². The Balaban J connectivity index is 0.000000151. The summed E-state index contributed by atoms with van der Waals surface area (Å²) in [7, 11) is 1.32. The predicted molar refractivity (Wildman–Crippen MR) is 578 cm³/mol. The second-order valence-electron chi connectivity index (χ2n) is 43.6. The number of nitrogens with one attached hydrogen (secondary N) is 2. The number of carbonyl (C=O) groups excluding carboxylic acids is 9. The Morgan fingerprint density at radius 2 is 0.791 bits per heavy atom. The Morgan fingerprint density at radius 3 is 1.23 bits per heavy atom. The highest BCUT2D eigenvalue weighted by Gasteiger charge is 2.57. The van der Waals surface area contributed by atoms with Crippen LogP contribution in [0.25, 0.3) is 0 Å². The topological polar surface area (TPSA) is 420 Å². The van der Waals surface area contributed by atoms with Gasteiger partial charge in [-0.05, 0) is 299 Å². The maximum atomic E-state index is 12.8. The number of fused-ring (bicyclic) bond motifs is 8. The minimum atomic E-state index is -3.67. The summed E-state index contributed by atoms with van der Waals surface area (Å²) in [5.41, 5.74) is 32.5. The number of hydrogen-bond acceptors (Lipinski definition) is 26. The van der Waals surface area contributed by atoms with Crippen LogP contribution in [-0.2, 0) is 80.1 Å². The van der Waals surface area contributed by atoms with Gasteiger partial charge in [0, 0.05) is 130 Å². The van der Waals surface area contributed by atoms with Gasteiger partial charge in [0.2, 0.25) is 5.91 Å². The summed E-state index contributed by atoms with van der Waals surface area (Å²) in [5.74, 6) is 1.19. The van der Waals surface area contributed by atoms with Crippen molar-refractivity contribution in [3.05, 3.63) is 213 Å². The molecule has 9 fully saturated rings. The lowest BCUT2D eigenvalue weighted by atomic mass is 9.61. The monoisotopic (exact) mass is 2110 g/mol. The van der Waals surface area contributed by atoms with Crippen LogP contribution >= 0.6 is 15.9 Å². The third-order valence-corrected chi connectivity index (χ3v) is 31.9. The number of rotatable bonds is 9. The summed E-state index contributed by atoms with van der Waals surface area (Å²) in [5, 5.41) is 15.9. The van der Waals surface area contributed by atoms with E-state index in [-0.39, 0.29) is 52.3 Å². The van der Waals surface area contributed by atoms with Crippen LogP contribution in [0.1, 0.15) is 386 Å². The van der Waals surface area contributed by atoms with Crippen LogP contribution in [0.15, 0.2) is 113 Å². The summed E-state index contributed by atoms with van der Waals surface area (Å²) >= 11 is 3.37. The van der Waals surface area contributed by atoms with Gasteiger partial charge in [-0.25, -0.2) is 29.5 Å². The molecule has 0 unspecified atom stereocenters. The number of amides is 1. The fourth-order valence-electron chi connectivity index (χ4n) is 24.4. The molecule has 7 saturated carbocycles. The van der Waals surface area contributed by atoms with E-state index in [1.54, 1.807) is 62.0 Å². The summed E-state index contributed by atoms with van der Waals surface area (Å²) in [6.07, 6.45) is 42.1. The number of phenolic OH excluding ortho intramolecular Hbond substituents is 1. The highest BCUT2D eigenvalue weighted by atomic mass is 79.9. The molecule has 4 spiro atoms. The molecule has 8 N–H and O–H groups in total. The molecule has 13 aliphatic rings. The number of nitrogens with two attached hydrogens (primary N) is 2. The number of cyclic esters (lactones) is 4. The number of halogens is 1. The van der Waals surface area contributed by atoms with Crippen molar-refractivity contribution in [3.63, 3.8) is 0 Å². The van der Waals surface area contributed by atoms with E-state index in [9.17, 15) is 56.7 Å². The highest BCUT2D eigenvalue weighted by molar-refractivity contribution is 9.10. The number of aryl methyl sites for hydroxylation is 7. The summed E-state index contributed by atoms with van der Waals surface area (Å²) < 4.78 is 63.8. The van der Waals surface area contributed by atoms with Crippen molar-refractivity contribution < 1.29 is 94.4 Å². The largest absolute Gasteiger partial charge is 0.508 e. The van der Waals surface area contributed by atoms with E-state index in [1.807, 2.05) is 96.1 Å². The highest BCUT2D eigenvalue weighted by Crippen LogP contribution is 2.56. The van der Waals surface area contributed by atoms with E-state index in [1.165, 1.54) is 149 Å². The molecule has 11 aliphatic carbocycles. The summed E-state index contributed by atoms with van der Waals surface area (Å²) in [4.78, 5) is 126. The van der Waals surface area contributed by atoms with Gasteiger partial charge in [0.25, 0.3) is 21.7 Å². The van der Waals surface area contributed by atoms with Crippen molar-refractivity contribution in [3.8, 4) is 23.0 Å². The van der Waals surface area contributed by atoms with Gasteiger partial charge < -0.3 is 60.4 Å². The lowest BCUT2D eigenvalue weighted by Crippen LogP contribution is -2.55. The number of ether oxygens (including phenoxy) is 7. The van der Waals surface area contributed by atoms with E-state index in [2.05, 4.69) is 84.6 Å². The molecule has 1 amide bonds. The number of hydrogen-bond donors (Lipinski definition) is 6. The number of carbonyl (C=O) groups is 9. The molecular formula is C118H153BrN8O20S.